The maximum absolute atomic E-state index is 12.2. The molecule has 0 radical (unpaired) electrons. The van der Waals surface area contributed by atoms with Crippen molar-refractivity contribution >= 4 is 17.3 Å². The van der Waals surface area contributed by atoms with Crippen molar-refractivity contribution < 1.29 is 9.90 Å². The van der Waals surface area contributed by atoms with Crippen LogP contribution in [0.5, 0.6) is 0 Å². The van der Waals surface area contributed by atoms with Crippen LogP contribution < -0.4 is 9.80 Å². The highest BCUT2D eigenvalue weighted by molar-refractivity contribution is 5.94. The minimum absolute atomic E-state index is 0.176. The van der Waals surface area contributed by atoms with Gasteiger partial charge in [0.05, 0.1) is 6.10 Å². The minimum Gasteiger partial charge on any atom is -0.387 e. The van der Waals surface area contributed by atoms with Crippen LogP contribution in [0.4, 0.5) is 11.4 Å². The molecule has 2 aromatic carbocycles. The third-order valence-electron chi connectivity index (χ3n) is 6.14. The van der Waals surface area contributed by atoms with E-state index in [4.69, 9.17) is 0 Å². The number of fused-ring (bicyclic) bond motifs is 1. The molecule has 2 heterocycles. The molecule has 1 saturated heterocycles. The Bertz CT molecular complexity index is 831. The van der Waals surface area contributed by atoms with Gasteiger partial charge in [-0.3, -0.25) is 9.69 Å². The van der Waals surface area contributed by atoms with Gasteiger partial charge in [-0.25, -0.2) is 0 Å². The largest absolute Gasteiger partial charge is 0.387 e. The van der Waals surface area contributed by atoms with E-state index in [0.29, 0.717) is 13.0 Å². The van der Waals surface area contributed by atoms with Crippen molar-refractivity contribution in [2.75, 3.05) is 49.1 Å². The van der Waals surface area contributed by atoms with Gasteiger partial charge in [-0.15, -0.1) is 0 Å². The Balaban J connectivity index is 1.37. The smallest absolute Gasteiger partial charge is 0.226 e. The van der Waals surface area contributed by atoms with Crippen LogP contribution in [0.3, 0.4) is 0 Å². The molecular formula is C24H31N3O2. The normalized spacial score (nSPS) is 18.4. The number of amides is 1. The highest BCUT2D eigenvalue weighted by Gasteiger charge is 2.24. The van der Waals surface area contributed by atoms with Gasteiger partial charge in [0.25, 0.3) is 0 Å². The van der Waals surface area contributed by atoms with E-state index in [0.717, 1.165) is 56.8 Å². The van der Waals surface area contributed by atoms with Crippen molar-refractivity contribution in [3.05, 3.63) is 59.7 Å². The Kier molecular flexibility index (Phi) is 6.16. The quantitative estimate of drug-likeness (QED) is 0.847. The average molecular weight is 394 g/mol. The molecule has 29 heavy (non-hydrogen) atoms. The zero-order valence-corrected chi connectivity index (χ0v) is 17.3. The van der Waals surface area contributed by atoms with E-state index in [1.807, 2.05) is 30.0 Å². The summed E-state index contributed by atoms with van der Waals surface area (Å²) in [6, 6.07) is 16.6. The predicted octanol–water partition coefficient (Wildman–Crippen LogP) is 3.23. The van der Waals surface area contributed by atoms with Crippen LogP contribution in [-0.4, -0.2) is 55.2 Å². The second-order valence-electron chi connectivity index (χ2n) is 8.03. The molecule has 0 aliphatic carbocycles. The first-order chi connectivity index (χ1) is 14.2. The van der Waals surface area contributed by atoms with Gasteiger partial charge >= 0.3 is 0 Å². The molecular weight excluding hydrogens is 362 g/mol. The second-order valence-corrected chi connectivity index (χ2v) is 8.03. The summed E-state index contributed by atoms with van der Waals surface area (Å²) in [5.41, 5.74) is 4.44. The lowest BCUT2D eigenvalue weighted by Gasteiger charge is -2.37. The number of para-hydroxylation sites is 1. The molecule has 0 saturated carbocycles. The van der Waals surface area contributed by atoms with Gasteiger partial charge in [0, 0.05) is 57.1 Å². The number of β-amino-alcohol motifs (C(OH)–C–C–N with tert-alkyl or cyclic N) is 1. The van der Waals surface area contributed by atoms with Gasteiger partial charge in [-0.1, -0.05) is 37.3 Å². The van der Waals surface area contributed by atoms with Crippen LogP contribution in [0.1, 0.15) is 37.0 Å². The first-order valence-electron chi connectivity index (χ1n) is 10.8. The number of hydrogen-bond acceptors (Lipinski definition) is 4. The van der Waals surface area contributed by atoms with Gasteiger partial charge < -0.3 is 14.9 Å². The Hall–Kier alpha value is -2.37. The number of nitrogens with zero attached hydrogens (tertiary/aromatic N) is 3. The Morgan fingerprint density at radius 3 is 2.52 bits per heavy atom. The number of aryl methyl sites for hydroxylation is 1. The summed E-state index contributed by atoms with van der Waals surface area (Å²) < 4.78 is 0. The molecule has 4 rings (SSSR count). The van der Waals surface area contributed by atoms with Crippen molar-refractivity contribution in [2.45, 2.75) is 32.3 Å². The highest BCUT2D eigenvalue weighted by Crippen LogP contribution is 2.30. The van der Waals surface area contributed by atoms with E-state index in [1.165, 1.54) is 11.3 Å². The third kappa shape index (κ3) is 4.46. The first-order valence-corrected chi connectivity index (χ1v) is 10.8. The van der Waals surface area contributed by atoms with E-state index in [1.54, 1.807) is 0 Å². The number of piperazine rings is 1. The first kappa shape index (κ1) is 19.9. The fourth-order valence-corrected chi connectivity index (χ4v) is 4.45. The number of aliphatic hydroxyl groups is 1. The zero-order valence-electron chi connectivity index (χ0n) is 17.3. The molecule has 2 aliphatic rings. The molecule has 5 heteroatoms. The molecule has 1 unspecified atom stereocenters. The lowest BCUT2D eigenvalue weighted by molar-refractivity contribution is -0.118. The summed E-state index contributed by atoms with van der Waals surface area (Å²) in [7, 11) is 0. The van der Waals surface area contributed by atoms with E-state index in [-0.39, 0.29) is 5.91 Å². The van der Waals surface area contributed by atoms with Gasteiger partial charge in [-0.05, 0) is 42.2 Å². The minimum atomic E-state index is -0.499. The van der Waals surface area contributed by atoms with Crippen LogP contribution >= 0.6 is 0 Å². The molecule has 154 valence electrons. The maximum Gasteiger partial charge on any atom is 0.226 e. The van der Waals surface area contributed by atoms with Crippen molar-refractivity contribution in [2.24, 2.45) is 0 Å². The number of hydrogen-bond donors (Lipinski definition) is 1. The topological polar surface area (TPSA) is 47.0 Å². The van der Waals surface area contributed by atoms with Gasteiger partial charge in [0.1, 0.15) is 0 Å². The highest BCUT2D eigenvalue weighted by atomic mass is 16.3. The van der Waals surface area contributed by atoms with Gasteiger partial charge in [-0.2, -0.15) is 0 Å². The van der Waals surface area contributed by atoms with E-state index < -0.39 is 6.10 Å². The number of benzene rings is 2. The van der Waals surface area contributed by atoms with Gasteiger partial charge in [0.15, 0.2) is 0 Å². The summed E-state index contributed by atoms with van der Waals surface area (Å²) in [5, 5.41) is 10.8. The molecule has 1 N–H and O–H groups in total. The molecule has 5 nitrogen and oxygen atoms in total. The Morgan fingerprint density at radius 2 is 1.79 bits per heavy atom. The van der Waals surface area contributed by atoms with Gasteiger partial charge in [0.2, 0.25) is 5.91 Å². The molecule has 0 bridgehead atoms. The molecule has 2 aromatic rings. The molecule has 0 aromatic heterocycles. The van der Waals surface area contributed by atoms with Crippen LogP contribution in [0.15, 0.2) is 48.5 Å². The monoisotopic (exact) mass is 393 g/mol. The zero-order chi connectivity index (χ0) is 20.2. The number of carbonyl (C=O) groups excluding carboxylic acids is 1. The standard InChI is InChI=1S/C24H31N3O2/c1-2-24(29)27-12-6-7-19-17-20(10-11-22(19)27)23(28)18-25-13-15-26(16-14-25)21-8-4-3-5-9-21/h3-5,8-11,17,23,28H,2,6-7,12-16,18H2,1H3. The predicted molar refractivity (Wildman–Crippen MR) is 117 cm³/mol. The summed E-state index contributed by atoms with van der Waals surface area (Å²) in [6.07, 6.45) is 1.98. The maximum atomic E-state index is 12.2. The number of rotatable bonds is 5. The van der Waals surface area contributed by atoms with E-state index >= 15 is 0 Å². The van der Waals surface area contributed by atoms with Crippen molar-refractivity contribution in [3.8, 4) is 0 Å². The molecule has 1 fully saturated rings. The second kappa shape index (κ2) is 8.97. The SMILES string of the molecule is CCC(=O)N1CCCc2cc(C(O)CN3CCN(c4ccccc4)CC3)ccc21. The molecule has 2 aliphatic heterocycles. The summed E-state index contributed by atoms with van der Waals surface area (Å²) in [6.45, 7) is 7.23. The average Bonchev–Trinajstić information content (AvgIpc) is 2.78. The lowest BCUT2D eigenvalue weighted by Crippen LogP contribution is -2.47. The number of aliphatic hydroxyl groups excluding tert-OH is 1. The third-order valence-corrected chi connectivity index (χ3v) is 6.14. The van der Waals surface area contributed by atoms with Crippen molar-refractivity contribution in [1.82, 2.24) is 4.90 Å². The van der Waals surface area contributed by atoms with Crippen molar-refractivity contribution in [1.29, 1.82) is 0 Å². The molecule has 0 spiro atoms. The summed E-state index contributed by atoms with van der Waals surface area (Å²) >= 11 is 0. The number of carbonyl (C=O) groups is 1. The summed E-state index contributed by atoms with van der Waals surface area (Å²) in [5.74, 6) is 0.176. The van der Waals surface area contributed by atoms with Crippen LogP contribution in [-0.2, 0) is 11.2 Å². The summed E-state index contributed by atoms with van der Waals surface area (Å²) in [4.78, 5) is 18.9. The van der Waals surface area contributed by atoms with E-state index in [2.05, 4.69) is 40.1 Å². The fraction of sp³-hybridized carbons (Fsp3) is 0.458. The fourth-order valence-electron chi connectivity index (χ4n) is 4.45. The number of anilines is 2. The molecule has 1 amide bonds. The lowest BCUT2D eigenvalue weighted by atomic mass is 9.96. The van der Waals surface area contributed by atoms with Crippen LogP contribution in [0.2, 0.25) is 0 Å². The molecule has 1 atom stereocenters. The van der Waals surface area contributed by atoms with E-state index in [9.17, 15) is 9.90 Å². The van der Waals surface area contributed by atoms with Crippen LogP contribution in [0, 0.1) is 0 Å². The van der Waals surface area contributed by atoms with Crippen molar-refractivity contribution in [3.63, 3.8) is 0 Å². The Morgan fingerprint density at radius 1 is 1.03 bits per heavy atom. The Labute approximate surface area is 173 Å². The van der Waals surface area contributed by atoms with Crippen LogP contribution in [0.25, 0.3) is 0 Å².